The minimum atomic E-state index is 0.587. The van der Waals surface area contributed by atoms with Gasteiger partial charge in [0.15, 0.2) is 0 Å². The van der Waals surface area contributed by atoms with Gasteiger partial charge in [0.1, 0.15) is 0 Å². The van der Waals surface area contributed by atoms with E-state index in [4.69, 9.17) is 0 Å². The second-order valence-corrected chi connectivity index (χ2v) is 5.91. The molecule has 1 heterocycles. The average Bonchev–Trinajstić information content (AvgIpc) is 2.83. The number of benzene rings is 2. The molecule has 110 valence electrons. The van der Waals surface area contributed by atoms with Crippen LogP contribution in [-0.4, -0.2) is 12.6 Å². The van der Waals surface area contributed by atoms with E-state index in [1.165, 1.54) is 22.4 Å². The van der Waals surface area contributed by atoms with Crippen LogP contribution in [0.15, 0.2) is 48.5 Å². The summed E-state index contributed by atoms with van der Waals surface area (Å²) in [4.78, 5) is 2.52. The molecule has 1 aliphatic heterocycles. The first-order chi connectivity index (χ1) is 10.3. The van der Waals surface area contributed by atoms with Gasteiger partial charge in [-0.25, -0.2) is 0 Å². The molecule has 0 saturated carbocycles. The number of rotatable bonds is 5. The maximum absolute atomic E-state index is 3.37. The highest BCUT2D eigenvalue weighted by Gasteiger charge is 2.25. The molecule has 0 saturated heterocycles. The van der Waals surface area contributed by atoms with E-state index in [9.17, 15) is 0 Å². The molecule has 2 aromatic rings. The standard InChI is InChI=1S/C19H24N2/c1-3-20-13-16-8-10-17(11-9-16)14-21-15(2)12-18-6-4-5-7-19(18)21/h4-11,15,20H,3,12-14H2,1-2H3. The summed E-state index contributed by atoms with van der Waals surface area (Å²) in [7, 11) is 0. The number of anilines is 1. The van der Waals surface area contributed by atoms with Gasteiger partial charge < -0.3 is 10.2 Å². The second-order valence-electron chi connectivity index (χ2n) is 5.91. The molecule has 21 heavy (non-hydrogen) atoms. The second kappa shape index (κ2) is 6.31. The molecule has 0 radical (unpaired) electrons. The van der Waals surface area contributed by atoms with Crippen LogP contribution in [0.25, 0.3) is 0 Å². The molecule has 1 N–H and O–H groups in total. The number of nitrogens with one attached hydrogen (secondary N) is 1. The summed E-state index contributed by atoms with van der Waals surface area (Å²) in [5.74, 6) is 0. The van der Waals surface area contributed by atoms with Crippen molar-refractivity contribution in [2.45, 2.75) is 39.4 Å². The normalized spacial score (nSPS) is 17.0. The Morgan fingerprint density at radius 1 is 1.05 bits per heavy atom. The molecule has 2 heteroatoms. The summed E-state index contributed by atoms with van der Waals surface area (Å²) in [6, 6.07) is 18.4. The molecular weight excluding hydrogens is 256 g/mol. The largest absolute Gasteiger partial charge is 0.364 e. The predicted octanol–water partition coefficient (Wildman–Crippen LogP) is 3.75. The van der Waals surface area contributed by atoms with E-state index < -0.39 is 0 Å². The number of fused-ring (bicyclic) bond motifs is 1. The van der Waals surface area contributed by atoms with Crippen molar-refractivity contribution in [2.75, 3.05) is 11.4 Å². The quantitative estimate of drug-likeness (QED) is 0.897. The summed E-state index contributed by atoms with van der Waals surface area (Å²) in [5, 5.41) is 3.37. The molecule has 2 aromatic carbocycles. The highest BCUT2D eigenvalue weighted by molar-refractivity contribution is 5.59. The summed E-state index contributed by atoms with van der Waals surface area (Å²) in [6.07, 6.45) is 1.16. The van der Waals surface area contributed by atoms with Crippen molar-refractivity contribution in [3.05, 3.63) is 65.2 Å². The Hall–Kier alpha value is -1.80. The van der Waals surface area contributed by atoms with Crippen molar-refractivity contribution < 1.29 is 0 Å². The van der Waals surface area contributed by atoms with Gasteiger partial charge in [-0.1, -0.05) is 49.4 Å². The average molecular weight is 280 g/mol. The van der Waals surface area contributed by atoms with E-state index in [0.717, 1.165) is 26.1 Å². The lowest BCUT2D eigenvalue weighted by molar-refractivity contribution is 0.672. The molecule has 3 rings (SSSR count). The van der Waals surface area contributed by atoms with Crippen LogP contribution in [0, 0.1) is 0 Å². The van der Waals surface area contributed by atoms with Gasteiger partial charge in [0.25, 0.3) is 0 Å². The fourth-order valence-electron chi connectivity index (χ4n) is 3.10. The van der Waals surface area contributed by atoms with Gasteiger partial charge in [-0.2, -0.15) is 0 Å². The first kappa shape index (κ1) is 14.2. The van der Waals surface area contributed by atoms with Gasteiger partial charge in [0, 0.05) is 24.8 Å². The van der Waals surface area contributed by atoms with Crippen molar-refractivity contribution in [1.29, 1.82) is 0 Å². The van der Waals surface area contributed by atoms with Gasteiger partial charge >= 0.3 is 0 Å². The molecule has 0 fully saturated rings. The fraction of sp³-hybridized carbons (Fsp3) is 0.368. The Bertz CT molecular complexity index is 589. The molecule has 1 aliphatic rings. The SMILES string of the molecule is CCNCc1ccc(CN2c3ccccc3CC2C)cc1. The van der Waals surface area contributed by atoms with Crippen molar-refractivity contribution in [3.63, 3.8) is 0 Å². The fourth-order valence-corrected chi connectivity index (χ4v) is 3.10. The van der Waals surface area contributed by atoms with E-state index in [1.807, 2.05) is 0 Å². The molecule has 1 atom stereocenters. The van der Waals surface area contributed by atoms with Gasteiger partial charge in [-0.05, 0) is 42.6 Å². The number of para-hydroxylation sites is 1. The highest BCUT2D eigenvalue weighted by Crippen LogP contribution is 2.32. The predicted molar refractivity (Wildman–Crippen MR) is 89.6 cm³/mol. The van der Waals surface area contributed by atoms with Gasteiger partial charge in [-0.15, -0.1) is 0 Å². The zero-order valence-corrected chi connectivity index (χ0v) is 13.0. The minimum Gasteiger partial charge on any atom is -0.364 e. The number of nitrogens with zero attached hydrogens (tertiary/aromatic N) is 1. The van der Waals surface area contributed by atoms with Gasteiger partial charge in [0.05, 0.1) is 0 Å². The molecule has 0 aromatic heterocycles. The van der Waals surface area contributed by atoms with Crippen LogP contribution in [-0.2, 0) is 19.5 Å². The van der Waals surface area contributed by atoms with E-state index in [2.05, 4.69) is 72.6 Å². The molecule has 2 nitrogen and oxygen atoms in total. The molecule has 0 bridgehead atoms. The first-order valence-corrected chi connectivity index (χ1v) is 7.91. The third-order valence-corrected chi connectivity index (χ3v) is 4.30. The molecule has 0 amide bonds. The van der Waals surface area contributed by atoms with Crippen molar-refractivity contribution >= 4 is 5.69 Å². The maximum Gasteiger partial charge on any atom is 0.0432 e. The third kappa shape index (κ3) is 3.11. The third-order valence-electron chi connectivity index (χ3n) is 4.30. The zero-order valence-electron chi connectivity index (χ0n) is 13.0. The Morgan fingerprint density at radius 3 is 2.52 bits per heavy atom. The highest BCUT2D eigenvalue weighted by atomic mass is 15.2. The topological polar surface area (TPSA) is 15.3 Å². The minimum absolute atomic E-state index is 0.587. The van der Waals surface area contributed by atoms with E-state index in [-0.39, 0.29) is 0 Å². The Labute approximate surface area is 127 Å². The first-order valence-electron chi connectivity index (χ1n) is 7.91. The summed E-state index contributed by atoms with van der Waals surface area (Å²) in [6.45, 7) is 7.43. The van der Waals surface area contributed by atoms with Crippen molar-refractivity contribution in [1.82, 2.24) is 5.32 Å². The van der Waals surface area contributed by atoms with Crippen LogP contribution in [0.3, 0.4) is 0 Å². The van der Waals surface area contributed by atoms with E-state index in [1.54, 1.807) is 0 Å². The summed E-state index contributed by atoms with van der Waals surface area (Å²) < 4.78 is 0. The van der Waals surface area contributed by atoms with Crippen LogP contribution < -0.4 is 10.2 Å². The molecule has 1 unspecified atom stereocenters. The number of hydrogen-bond donors (Lipinski definition) is 1. The Morgan fingerprint density at radius 2 is 1.76 bits per heavy atom. The van der Waals surface area contributed by atoms with E-state index in [0.29, 0.717) is 6.04 Å². The lowest BCUT2D eigenvalue weighted by Gasteiger charge is -2.25. The van der Waals surface area contributed by atoms with Gasteiger partial charge in [-0.3, -0.25) is 0 Å². The summed E-state index contributed by atoms with van der Waals surface area (Å²) >= 11 is 0. The van der Waals surface area contributed by atoms with Crippen LogP contribution >= 0.6 is 0 Å². The Balaban J connectivity index is 1.72. The van der Waals surface area contributed by atoms with Crippen LogP contribution in [0.2, 0.25) is 0 Å². The molecule has 0 spiro atoms. The summed E-state index contributed by atoms with van der Waals surface area (Å²) in [5.41, 5.74) is 5.63. The Kier molecular flexibility index (Phi) is 4.26. The lowest BCUT2D eigenvalue weighted by Crippen LogP contribution is -2.28. The van der Waals surface area contributed by atoms with Crippen LogP contribution in [0.4, 0.5) is 5.69 Å². The zero-order chi connectivity index (χ0) is 14.7. The van der Waals surface area contributed by atoms with Crippen molar-refractivity contribution in [3.8, 4) is 0 Å². The maximum atomic E-state index is 3.37. The smallest absolute Gasteiger partial charge is 0.0432 e. The lowest BCUT2D eigenvalue weighted by atomic mass is 10.1. The van der Waals surface area contributed by atoms with Crippen LogP contribution in [0.1, 0.15) is 30.5 Å². The molecular formula is C19H24N2. The van der Waals surface area contributed by atoms with Crippen molar-refractivity contribution in [2.24, 2.45) is 0 Å². The molecule has 0 aliphatic carbocycles. The number of hydrogen-bond acceptors (Lipinski definition) is 2. The van der Waals surface area contributed by atoms with E-state index >= 15 is 0 Å². The van der Waals surface area contributed by atoms with Gasteiger partial charge in [0.2, 0.25) is 0 Å². The van der Waals surface area contributed by atoms with Crippen LogP contribution in [0.5, 0.6) is 0 Å². The monoisotopic (exact) mass is 280 g/mol.